The number of carbonyl (C=O) groups is 1. The van der Waals surface area contributed by atoms with E-state index in [0.717, 1.165) is 0 Å². The summed E-state index contributed by atoms with van der Waals surface area (Å²) >= 11 is 0. The van der Waals surface area contributed by atoms with E-state index in [0.29, 0.717) is 30.0 Å². The molecule has 2 rings (SSSR count). The van der Waals surface area contributed by atoms with Crippen molar-refractivity contribution in [1.82, 2.24) is 0 Å². The van der Waals surface area contributed by atoms with Gasteiger partial charge in [0.15, 0.2) is 0 Å². The molecular formula is C17H21N3O5. The van der Waals surface area contributed by atoms with E-state index in [1.807, 2.05) is 6.92 Å². The van der Waals surface area contributed by atoms with Crippen LogP contribution in [0.1, 0.15) is 31.7 Å². The molecule has 8 heteroatoms. The lowest BCUT2D eigenvalue weighted by Gasteiger charge is -2.29. The van der Waals surface area contributed by atoms with Gasteiger partial charge in [-0.2, -0.15) is 10.2 Å². The normalized spacial score (nSPS) is 19.8. The highest BCUT2D eigenvalue weighted by Gasteiger charge is 2.39. The zero-order valence-electron chi connectivity index (χ0n) is 14.5. The molecule has 1 aliphatic heterocycles. The maximum absolute atomic E-state index is 12.6. The number of nitrogens with zero attached hydrogens (tertiary/aromatic N) is 3. The summed E-state index contributed by atoms with van der Waals surface area (Å²) in [4.78, 5) is 23.2. The minimum atomic E-state index is -0.661. The van der Waals surface area contributed by atoms with Crippen LogP contribution in [-0.4, -0.2) is 42.6 Å². The lowest BCUT2D eigenvalue weighted by Crippen LogP contribution is -2.37. The van der Waals surface area contributed by atoms with Gasteiger partial charge in [-0.15, -0.1) is 0 Å². The molecule has 0 amide bonds. The van der Waals surface area contributed by atoms with Crippen molar-refractivity contribution in [1.29, 1.82) is 0 Å². The Balaban J connectivity index is 2.39. The number of benzene rings is 1. The quantitative estimate of drug-likeness (QED) is 0.326. The van der Waals surface area contributed by atoms with Crippen LogP contribution in [0.4, 0.5) is 5.69 Å². The van der Waals surface area contributed by atoms with Crippen LogP contribution in [0.5, 0.6) is 0 Å². The van der Waals surface area contributed by atoms with E-state index in [1.54, 1.807) is 19.1 Å². The molecule has 0 fully saturated rings. The molecular weight excluding hydrogens is 326 g/mol. The topological polar surface area (TPSA) is 103 Å². The standard InChI is InChI=1S/C17H21N3O5/c1-4-14-16(12-6-5-7-13(10-12)20(22)23)15(11(2)18-19-14)17(21)25-9-8-24-3/h5-7,10,15-16H,4,8-9H2,1-3H3. The van der Waals surface area contributed by atoms with Crippen molar-refractivity contribution in [3.8, 4) is 0 Å². The summed E-state index contributed by atoms with van der Waals surface area (Å²) in [6.07, 6.45) is 0.575. The number of nitro groups is 1. The zero-order valence-corrected chi connectivity index (χ0v) is 14.5. The van der Waals surface area contributed by atoms with Crippen LogP contribution >= 0.6 is 0 Å². The Labute approximate surface area is 145 Å². The Bertz CT molecular complexity index is 714. The molecule has 134 valence electrons. The minimum absolute atomic E-state index is 0.0281. The number of esters is 1. The van der Waals surface area contributed by atoms with Crippen LogP contribution in [0.2, 0.25) is 0 Å². The van der Waals surface area contributed by atoms with Gasteiger partial charge in [-0.25, -0.2) is 0 Å². The maximum Gasteiger partial charge on any atom is 0.315 e. The van der Waals surface area contributed by atoms with Crippen LogP contribution < -0.4 is 0 Å². The van der Waals surface area contributed by atoms with Crippen LogP contribution in [0.25, 0.3) is 0 Å². The third-order valence-electron chi connectivity index (χ3n) is 4.07. The fourth-order valence-electron chi connectivity index (χ4n) is 2.83. The lowest BCUT2D eigenvalue weighted by molar-refractivity contribution is -0.384. The summed E-state index contributed by atoms with van der Waals surface area (Å²) in [6, 6.07) is 6.26. The van der Waals surface area contributed by atoms with Gasteiger partial charge in [0.1, 0.15) is 12.5 Å². The molecule has 25 heavy (non-hydrogen) atoms. The molecule has 0 aliphatic carbocycles. The molecule has 0 aromatic heterocycles. The van der Waals surface area contributed by atoms with Crippen LogP contribution in [0, 0.1) is 16.0 Å². The van der Waals surface area contributed by atoms with E-state index in [1.165, 1.54) is 19.2 Å². The zero-order chi connectivity index (χ0) is 18.4. The molecule has 1 aliphatic rings. The molecule has 0 saturated heterocycles. The van der Waals surface area contributed by atoms with Crippen molar-refractivity contribution in [2.75, 3.05) is 20.3 Å². The highest BCUT2D eigenvalue weighted by Crippen LogP contribution is 2.34. The third kappa shape index (κ3) is 4.27. The van der Waals surface area contributed by atoms with E-state index in [9.17, 15) is 14.9 Å². The second-order valence-electron chi connectivity index (χ2n) is 5.65. The molecule has 0 radical (unpaired) electrons. The average Bonchev–Trinajstić information content (AvgIpc) is 2.61. The molecule has 2 unspecified atom stereocenters. The molecule has 1 aromatic carbocycles. The second kappa shape index (κ2) is 8.48. The maximum atomic E-state index is 12.6. The summed E-state index contributed by atoms with van der Waals surface area (Å²) in [7, 11) is 1.52. The van der Waals surface area contributed by atoms with Gasteiger partial charge in [-0.3, -0.25) is 14.9 Å². The number of ether oxygens (including phenoxy) is 2. The van der Waals surface area contributed by atoms with Crippen LogP contribution in [0.3, 0.4) is 0 Å². The fourth-order valence-corrected chi connectivity index (χ4v) is 2.83. The summed E-state index contributed by atoms with van der Waals surface area (Å²) in [5.41, 5.74) is 1.84. The molecule has 0 bridgehead atoms. The predicted octanol–water partition coefficient (Wildman–Crippen LogP) is 2.72. The van der Waals surface area contributed by atoms with Crippen molar-refractivity contribution in [2.24, 2.45) is 16.1 Å². The molecule has 0 saturated carbocycles. The van der Waals surface area contributed by atoms with Gasteiger partial charge in [-0.1, -0.05) is 19.1 Å². The van der Waals surface area contributed by atoms with Crippen LogP contribution in [0.15, 0.2) is 34.5 Å². The highest BCUT2D eigenvalue weighted by atomic mass is 16.6. The number of hydrogen-bond acceptors (Lipinski definition) is 7. The summed E-state index contributed by atoms with van der Waals surface area (Å²) in [5.74, 6) is -1.53. The Morgan fingerprint density at radius 1 is 1.32 bits per heavy atom. The molecule has 1 aromatic rings. The van der Waals surface area contributed by atoms with Gasteiger partial charge in [0.05, 0.1) is 17.2 Å². The van der Waals surface area contributed by atoms with Gasteiger partial charge in [0, 0.05) is 30.9 Å². The SMILES string of the molecule is CCC1=NN=C(C)C(C(=O)OCCOC)C1c1cccc([N+](=O)[O-])c1. The molecule has 0 N–H and O–H groups in total. The van der Waals surface area contributed by atoms with Crippen molar-refractivity contribution in [3.05, 3.63) is 39.9 Å². The third-order valence-corrected chi connectivity index (χ3v) is 4.07. The predicted molar refractivity (Wildman–Crippen MR) is 93.0 cm³/mol. The van der Waals surface area contributed by atoms with Crippen molar-refractivity contribution in [2.45, 2.75) is 26.2 Å². The van der Waals surface area contributed by atoms with Gasteiger partial charge < -0.3 is 9.47 Å². The smallest absolute Gasteiger partial charge is 0.315 e. The number of rotatable bonds is 7. The van der Waals surface area contributed by atoms with E-state index >= 15 is 0 Å². The first kappa shape index (κ1) is 18.7. The minimum Gasteiger partial charge on any atom is -0.463 e. The van der Waals surface area contributed by atoms with Crippen molar-refractivity contribution < 1.29 is 19.2 Å². The molecule has 1 heterocycles. The first-order valence-corrected chi connectivity index (χ1v) is 8.00. The summed E-state index contributed by atoms with van der Waals surface area (Å²) in [6.45, 7) is 4.05. The Morgan fingerprint density at radius 2 is 2.08 bits per heavy atom. The van der Waals surface area contributed by atoms with Crippen molar-refractivity contribution >= 4 is 23.1 Å². The molecule has 0 spiro atoms. The van der Waals surface area contributed by atoms with Gasteiger partial charge in [0.25, 0.3) is 5.69 Å². The first-order valence-electron chi connectivity index (χ1n) is 8.00. The van der Waals surface area contributed by atoms with E-state index in [-0.39, 0.29) is 12.3 Å². The highest BCUT2D eigenvalue weighted by molar-refractivity contribution is 6.10. The number of hydrogen-bond donors (Lipinski definition) is 0. The molecule has 2 atom stereocenters. The number of non-ortho nitro benzene ring substituents is 1. The Kier molecular flexibility index (Phi) is 6.35. The Hall–Kier alpha value is -2.61. The average molecular weight is 347 g/mol. The number of nitro benzene ring substituents is 1. The van der Waals surface area contributed by atoms with Crippen molar-refractivity contribution in [3.63, 3.8) is 0 Å². The first-order chi connectivity index (χ1) is 12.0. The molecule has 8 nitrogen and oxygen atoms in total. The summed E-state index contributed by atoms with van der Waals surface area (Å²) in [5, 5.41) is 19.4. The number of carbonyl (C=O) groups excluding carboxylic acids is 1. The van der Waals surface area contributed by atoms with Gasteiger partial charge >= 0.3 is 5.97 Å². The lowest BCUT2D eigenvalue weighted by atomic mass is 9.78. The Morgan fingerprint density at radius 3 is 2.72 bits per heavy atom. The van der Waals surface area contributed by atoms with E-state index in [4.69, 9.17) is 9.47 Å². The number of methoxy groups -OCH3 is 1. The van der Waals surface area contributed by atoms with E-state index < -0.39 is 22.7 Å². The second-order valence-corrected chi connectivity index (χ2v) is 5.65. The van der Waals surface area contributed by atoms with Gasteiger partial charge in [0.2, 0.25) is 0 Å². The van der Waals surface area contributed by atoms with Gasteiger partial charge in [-0.05, 0) is 18.9 Å². The van der Waals surface area contributed by atoms with E-state index in [2.05, 4.69) is 10.2 Å². The summed E-state index contributed by atoms with van der Waals surface area (Å²) < 4.78 is 10.2. The fraction of sp³-hybridized carbons (Fsp3) is 0.471. The largest absolute Gasteiger partial charge is 0.463 e. The monoisotopic (exact) mass is 347 g/mol. The van der Waals surface area contributed by atoms with Crippen LogP contribution in [-0.2, 0) is 14.3 Å².